The van der Waals surface area contributed by atoms with Crippen LogP contribution in [0, 0.1) is 0 Å². The number of rotatable bonds is 6. The summed E-state index contributed by atoms with van der Waals surface area (Å²) in [4.78, 5) is 42.7. The number of carbonyl (C=O) groups is 1. The number of aromatic nitrogens is 4. The molecule has 3 rings (SSSR count). The van der Waals surface area contributed by atoms with Gasteiger partial charge in [-0.05, 0) is 24.6 Å². The molecule has 0 spiro atoms. The summed E-state index contributed by atoms with van der Waals surface area (Å²) >= 11 is 7.08. The molecule has 0 radical (unpaired) electrons. The Hall–Kier alpha value is -2.52. The quantitative estimate of drug-likeness (QED) is 0.493. The molecule has 0 saturated heterocycles. The molecular weight excluding hydrogens is 392 g/mol. The molecule has 0 bridgehead atoms. The van der Waals surface area contributed by atoms with Gasteiger partial charge in [0.1, 0.15) is 0 Å². The maximum atomic E-state index is 12.4. The molecule has 2 heterocycles. The molecule has 10 heteroatoms. The van der Waals surface area contributed by atoms with Gasteiger partial charge < -0.3 is 9.30 Å². The fourth-order valence-electron chi connectivity index (χ4n) is 2.57. The SMILES string of the molecule is CCOC(=O)CSc1nc2c(c(=O)[nH]c(=O)n2C)n1Cc1ccc(Cl)cc1. The van der Waals surface area contributed by atoms with E-state index < -0.39 is 11.2 Å². The Bertz CT molecular complexity index is 1100. The van der Waals surface area contributed by atoms with E-state index in [9.17, 15) is 14.4 Å². The molecule has 1 N–H and O–H groups in total. The number of hydrogen-bond donors (Lipinski definition) is 1. The molecule has 2 aromatic heterocycles. The van der Waals surface area contributed by atoms with E-state index >= 15 is 0 Å². The van der Waals surface area contributed by atoms with Crippen LogP contribution in [0.3, 0.4) is 0 Å². The first-order valence-corrected chi connectivity index (χ1v) is 9.49. The molecular formula is C17H17ClN4O4S. The molecule has 27 heavy (non-hydrogen) atoms. The Morgan fingerprint density at radius 3 is 2.67 bits per heavy atom. The van der Waals surface area contributed by atoms with Crippen molar-refractivity contribution < 1.29 is 9.53 Å². The van der Waals surface area contributed by atoms with Crippen LogP contribution in [0.15, 0.2) is 39.0 Å². The number of imidazole rings is 1. The molecule has 0 aliphatic heterocycles. The van der Waals surface area contributed by atoms with Crippen LogP contribution in [0.4, 0.5) is 0 Å². The molecule has 0 aliphatic carbocycles. The molecule has 0 unspecified atom stereocenters. The summed E-state index contributed by atoms with van der Waals surface area (Å²) in [6, 6.07) is 7.18. The zero-order chi connectivity index (χ0) is 19.6. The number of aromatic amines is 1. The molecule has 0 atom stereocenters. The summed E-state index contributed by atoms with van der Waals surface area (Å²) in [5.41, 5.74) is 0.329. The van der Waals surface area contributed by atoms with Crippen molar-refractivity contribution in [1.29, 1.82) is 0 Å². The molecule has 1 aromatic carbocycles. The van der Waals surface area contributed by atoms with E-state index in [2.05, 4.69) is 9.97 Å². The highest BCUT2D eigenvalue weighted by Crippen LogP contribution is 2.23. The highest BCUT2D eigenvalue weighted by atomic mass is 35.5. The van der Waals surface area contributed by atoms with Crippen LogP contribution in [0.5, 0.6) is 0 Å². The third-order valence-corrected chi connectivity index (χ3v) is 5.05. The average Bonchev–Trinajstić information content (AvgIpc) is 2.99. The van der Waals surface area contributed by atoms with Gasteiger partial charge in [0, 0.05) is 12.1 Å². The van der Waals surface area contributed by atoms with Gasteiger partial charge in [0.25, 0.3) is 5.56 Å². The van der Waals surface area contributed by atoms with Gasteiger partial charge in [-0.25, -0.2) is 9.78 Å². The summed E-state index contributed by atoms with van der Waals surface area (Å²) in [7, 11) is 1.53. The lowest BCUT2D eigenvalue weighted by molar-refractivity contribution is -0.139. The van der Waals surface area contributed by atoms with E-state index in [0.717, 1.165) is 17.3 Å². The van der Waals surface area contributed by atoms with Crippen molar-refractivity contribution in [3.8, 4) is 0 Å². The molecule has 0 fully saturated rings. The number of nitrogens with one attached hydrogen (secondary N) is 1. The third kappa shape index (κ3) is 4.09. The van der Waals surface area contributed by atoms with Gasteiger partial charge in [0.2, 0.25) is 0 Å². The van der Waals surface area contributed by atoms with Crippen molar-refractivity contribution in [3.63, 3.8) is 0 Å². The van der Waals surface area contributed by atoms with E-state index in [1.54, 1.807) is 23.6 Å². The second-order valence-corrected chi connectivity index (χ2v) is 7.07. The lowest BCUT2D eigenvalue weighted by Gasteiger charge is -2.09. The van der Waals surface area contributed by atoms with Crippen molar-refractivity contribution >= 4 is 40.5 Å². The molecule has 142 valence electrons. The fraction of sp³-hybridized carbons (Fsp3) is 0.294. The third-order valence-electron chi connectivity index (χ3n) is 3.85. The normalized spacial score (nSPS) is 11.1. The van der Waals surface area contributed by atoms with Gasteiger partial charge in [-0.1, -0.05) is 35.5 Å². The zero-order valence-corrected chi connectivity index (χ0v) is 16.3. The number of esters is 1. The smallest absolute Gasteiger partial charge is 0.329 e. The van der Waals surface area contributed by atoms with Crippen molar-refractivity contribution in [1.82, 2.24) is 19.1 Å². The standard InChI is InChI=1S/C17H17ClN4O4S/c1-3-26-12(23)9-27-17-19-14-13(15(24)20-16(25)21(14)2)22(17)8-10-4-6-11(18)7-5-10/h4-7H,3,8-9H2,1-2H3,(H,20,24,25). The van der Waals surface area contributed by atoms with Crippen LogP contribution in [0.25, 0.3) is 11.2 Å². The number of thioether (sulfide) groups is 1. The van der Waals surface area contributed by atoms with Crippen LogP contribution in [-0.4, -0.2) is 37.4 Å². The minimum Gasteiger partial charge on any atom is -0.465 e. The van der Waals surface area contributed by atoms with E-state index in [0.29, 0.717) is 16.7 Å². The van der Waals surface area contributed by atoms with Crippen molar-refractivity contribution in [3.05, 3.63) is 55.7 Å². The summed E-state index contributed by atoms with van der Waals surface area (Å²) < 4.78 is 7.89. The van der Waals surface area contributed by atoms with Crippen molar-refractivity contribution in [2.45, 2.75) is 18.6 Å². The molecule has 0 aliphatic rings. The van der Waals surface area contributed by atoms with Crippen molar-refractivity contribution in [2.75, 3.05) is 12.4 Å². The van der Waals surface area contributed by atoms with Gasteiger partial charge >= 0.3 is 11.7 Å². The predicted octanol–water partition coefficient (Wildman–Crippen LogP) is 1.78. The first-order chi connectivity index (χ1) is 12.9. The fourth-order valence-corrected chi connectivity index (χ4v) is 3.49. The monoisotopic (exact) mass is 408 g/mol. The largest absolute Gasteiger partial charge is 0.465 e. The van der Waals surface area contributed by atoms with E-state index in [-0.39, 0.29) is 29.5 Å². The molecule has 0 amide bonds. The average molecular weight is 409 g/mol. The highest BCUT2D eigenvalue weighted by molar-refractivity contribution is 7.99. The summed E-state index contributed by atoms with van der Waals surface area (Å²) in [5.74, 6) is -0.334. The van der Waals surface area contributed by atoms with E-state index in [1.165, 1.54) is 11.6 Å². The molecule has 0 saturated carbocycles. The van der Waals surface area contributed by atoms with E-state index in [4.69, 9.17) is 16.3 Å². The first-order valence-electron chi connectivity index (χ1n) is 8.13. The number of H-pyrrole nitrogens is 1. The minimum atomic E-state index is -0.550. The maximum Gasteiger partial charge on any atom is 0.329 e. The number of nitrogens with zero attached hydrogens (tertiary/aromatic N) is 3. The Labute approximate surface area is 163 Å². The van der Waals surface area contributed by atoms with Crippen LogP contribution < -0.4 is 11.2 Å². The number of hydrogen-bond acceptors (Lipinski definition) is 6. The topological polar surface area (TPSA) is 99.0 Å². The van der Waals surface area contributed by atoms with Crippen LogP contribution in [0.1, 0.15) is 12.5 Å². The highest BCUT2D eigenvalue weighted by Gasteiger charge is 2.19. The number of fused-ring (bicyclic) bond motifs is 1. The molecule has 8 nitrogen and oxygen atoms in total. The summed E-state index contributed by atoms with van der Waals surface area (Å²) in [5, 5.41) is 1.05. The Kier molecular flexibility index (Phi) is 5.71. The van der Waals surface area contributed by atoms with E-state index in [1.807, 2.05) is 12.1 Å². The second-order valence-electron chi connectivity index (χ2n) is 5.69. The Morgan fingerprint density at radius 1 is 1.30 bits per heavy atom. The van der Waals surface area contributed by atoms with Gasteiger partial charge in [0.05, 0.1) is 18.9 Å². The van der Waals surface area contributed by atoms with Gasteiger partial charge in [-0.15, -0.1) is 0 Å². The lowest BCUT2D eigenvalue weighted by Crippen LogP contribution is -2.29. The van der Waals surface area contributed by atoms with Crippen LogP contribution in [-0.2, 0) is 23.1 Å². The number of benzene rings is 1. The number of aryl methyl sites for hydroxylation is 1. The Balaban J connectivity index is 2.09. The van der Waals surface area contributed by atoms with Gasteiger partial charge in [-0.2, -0.15) is 0 Å². The number of ether oxygens (including phenoxy) is 1. The maximum absolute atomic E-state index is 12.4. The number of halogens is 1. The minimum absolute atomic E-state index is 0.0453. The predicted molar refractivity (Wildman–Crippen MR) is 104 cm³/mol. The van der Waals surface area contributed by atoms with Gasteiger partial charge in [-0.3, -0.25) is 19.1 Å². The van der Waals surface area contributed by atoms with Crippen LogP contribution in [0.2, 0.25) is 5.02 Å². The Morgan fingerprint density at radius 2 is 2.00 bits per heavy atom. The molecule has 3 aromatic rings. The zero-order valence-electron chi connectivity index (χ0n) is 14.7. The van der Waals surface area contributed by atoms with Crippen LogP contribution >= 0.6 is 23.4 Å². The lowest BCUT2D eigenvalue weighted by atomic mass is 10.2. The summed E-state index contributed by atoms with van der Waals surface area (Å²) in [6.45, 7) is 2.35. The summed E-state index contributed by atoms with van der Waals surface area (Å²) in [6.07, 6.45) is 0. The second kappa shape index (κ2) is 8.01. The number of carbonyl (C=O) groups excluding carboxylic acids is 1. The van der Waals surface area contributed by atoms with Crippen molar-refractivity contribution in [2.24, 2.45) is 7.05 Å². The first kappa shape index (κ1) is 19.2. The van der Waals surface area contributed by atoms with Gasteiger partial charge in [0.15, 0.2) is 16.3 Å².